The van der Waals surface area contributed by atoms with Crippen LogP contribution in [0.4, 0.5) is 0 Å². The fraction of sp³-hybridized carbons (Fsp3) is 0.571. The minimum Gasteiger partial charge on any atom is -0.327 e. The third kappa shape index (κ3) is 4.66. The second-order valence-electron chi connectivity index (χ2n) is 5.58. The smallest absolute Gasteiger partial charge is 0.0406 e. The van der Waals surface area contributed by atoms with Crippen LogP contribution in [0.3, 0.4) is 0 Å². The summed E-state index contributed by atoms with van der Waals surface area (Å²) in [5.74, 6) is 0. The molecule has 0 saturated heterocycles. The molecular formula is C14H23ClN2. The number of halogens is 1. The number of benzene rings is 1. The lowest BCUT2D eigenvalue weighted by molar-refractivity contribution is 0.178. The summed E-state index contributed by atoms with van der Waals surface area (Å²) in [4.78, 5) is 2.30. The number of hydrogen-bond acceptors (Lipinski definition) is 2. The summed E-state index contributed by atoms with van der Waals surface area (Å²) >= 11 is 5.87. The molecular weight excluding hydrogens is 232 g/mol. The van der Waals surface area contributed by atoms with E-state index in [0.717, 1.165) is 18.1 Å². The standard InChI is InChI=1S/C14H23ClN2/c1-11(16)14(2,3)10-17(4)9-12-5-7-13(15)8-6-12/h5-8,11H,9-10,16H2,1-4H3. The largest absolute Gasteiger partial charge is 0.327 e. The summed E-state index contributed by atoms with van der Waals surface area (Å²) in [5, 5.41) is 0.785. The van der Waals surface area contributed by atoms with Crippen molar-refractivity contribution in [2.75, 3.05) is 13.6 Å². The van der Waals surface area contributed by atoms with E-state index in [-0.39, 0.29) is 11.5 Å². The van der Waals surface area contributed by atoms with Gasteiger partial charge in [-0.3, -0.25) is 0 Å². The van der Waals surface area contributed by atoms with E-state index in [0.29, 0.717) is 0 Å². The molecule has 0 aromatic heterocycles. The van der Waals surface area contributed by atoms with Crippen LogP contribution in [0.25, 0.3) is 0 Å². The van der Waals surface area contributed by atoms with E-state index in [1.807, 2.05) is 12.1 Å². The summed E-state index contributed by atoms with van der Waals surface area (Å²) in [6.45, 7) is 8.38. The Labute approximate surface area is 110 Å². The van der Waals surface area contributed by atoms with Gasteiger partial charge < -0.3 is 10.6 Å². The van der Waals surface area contributed by atoms with Crippen molar-refractivity contribution in [3.63, 3.8) is 0 Å². The van der Waals surface area contributed by atoms with Gasteiger partial charge in [-0.2, -0.15) is 0 Å². The molecule has 1 rings (SSSR count). The van der Waals surface area contributed by atoms with Crippen LogP contribution in [0.5, 0.6) is 0 Å². The highest BCUT2D eigenvalue weighted by Crippen LogP contribution is 2.21. The highest BCUT2D eigenvalue weighted by atomic mass is 35.5. The van der Waals surface area contributed by atoms with Gasteiger partial charge in [-0.25, -0.2) is 0 Å². The number of rotatable bonds is 5. The quantitative estimate of drug-likeness (QED) is 0.875. The molecule has 3 heteroatoms. The molecule has 0 fully saturated rings. The third-order valence-electron chi connectivity index (χ3n) is 3.28. The van der Waals surface area contributed by atoms with E-state index in [1.165, 1.54) is 5.56 Å². The zero-order valence-electron chi connectivity index (χ0n) is 11.2. The SMILES string of the molecule is CC(N)C(C)(C)CN(C)Cc1ccc(Cl)cc1. The van der Waals surface area contributed by atoms with Crippen molar-refractivity contribution >= 4 is 11.6 Å². The zero-order valence-corrected chi connectivity index (χ0v) is 12.0. The van der Waals surface area contributed by atoms with E-state index in [9.17, 15) is 0 Å². The molecule has 2 N–H and O–H groups in total. The monoisotopic (exact) mass is 254 g/mol. The molecule has 17 heavy (non-hydrogen) atoms. The molecule has 96 valence electrons. The Morgan fingerprint density at radius 1 is 1.29 bits per heavy atom. The first-order chi connectivity index (χ1) is 7.81. The van der Waals surface area contributed by atoms with Gasteiger partial charge in [0.2, 0.25) is 0 Å². The Bertz CT molecular complexity index is 344. The zero-order chi connectivity index (χ0) is 13.1. The molecule has 1 atom stereocenters. The van der Waals surface area contributed by atoms with Crippen LogP contribution in [0.2, 0.25) is 5.02 Å². The van der Waals surface area contributed by atoms with Gasteiger partial charge in [0.05, 0.1) is 0 Å². The van der Waals surface area contributed by atoms with E-state index < -0.39 is 0 Å². The lowest BCUT2D eigenvalue weighted by atomic mass is 9.85. The van der Waals surface area contributed by atoms with Gasteiger partial charge in [-0.05, 0) is 37.1 Å². The molecule has 1 aromatic carbocycles. The van der Waals surface area contributed by atoms with Gasteiger partial charge in [0.15, 0.2) is 0 Å². The Morgan fingerprint density at radius 2 is 1.82 bits per heavy atom. The molecule has 0 heterocycles. The molecule has 0 bridgehead atoms. The number of nitrogens with zero attached hydrogens (tertiary/aromatic N) is 1. The van der Waals surface area contributed by atoms with Crippen molar-refractivity contribution in [1.29, 1.82) is 0 Å². The highest BCUT2D eigenvalue weighted by molar-refractivity contribution is 6.30. The molecule has 0 aliphatic carbocycles. The van der Waals surface area contributed by atoms with Crippen molar-refractivity contribution < 1.29 is 0 Å². The Morgan fingerprint density at radius 3 is 2.29 bits per heavy atom. The van der Waals surface area contributed by atoms with E-state index in [2.05, 4.69) is 44.9 Å². The first kappa shape index (κ1) is 14.5. The molecule has 0 amide bonds. The predicted octanol–water partition coefficient (Wildman–Crippen LogP) is 3.15. The Balaban J connectivity index is 2.55. The van der Waals surface area contributed by atoms with Crippen molar-refractivity contribution in [3.05, 3.63) is 34.9 Å². The van der Waals surface area contributed by atoms with Crippen LogP contribution >= 0.6 is 11.6 Å². The minimum atomic E-state index is 0.126. The van der Waals surface area contributed by atoms with Crippen LogP contribution < -0.4 is 5.73 Å². The molecule has 0 radical (unpaired) electrons. The highest BCUT2D eigenvalue weighted by Gasteiger charge is 2.24. The van der Waals surface area contributed by atoms with E-state index >= 15 is 0 Å². The molecule has 1 unspecified atom stereocenters. The average molecular weight is 255 g/mol. The predicted molar refractivity (Wildman–Crippen MR) is 75.2 cm³/mol. The normalized spacial score (nSPS) is 14.1. The van der Waals surface area contributed by atoms with Gasteiger partial charge in [0.25, 0.3) is 0 Å². The summed E-state index contributed by atoms with van der Waals surface area (Å²) in [5.41, 5.74) is 7.39. The van der Waals surface area contributed by atoms with E-state index in [4.69, 9.17) is 17.3 Å². The van der Waals surface area contributed by atoms with Crippen LogP contribution in [0.15, 0.2) is 24.3 Å². The fourth-order valence-corrected chi connectivity index (χ4v) is 1.92. The lowest BCUT2D eigenvalue weighted by Gasteiger charge is -2.33. The molecule has 1 aromatic rings. The minimum absolute atomic E-state index is 0.126. The summed E-state index contributed by atoms with van der Waals surface area (Å²) in [6, 6.07) is 8.19. The summed E-state index contributed by atoms with van der Waals surface area (Å²) in [7, 11) is 2.12. The average Bonchev–Trinajstić information content (AvgIpc) is 2.20. The Hall–Kier alpha value is -0.570. The van der Waals surface area contributed by atoms with Crippen LogP contribution in [0, 0.1) is 5.41 Å². The van der Waals surface area contributed by atoms with Gasteiger partial charge in [-0.15, -0.1) is 0 Å². The summed E-state index contributed by atoms with van der Waals surface area (Å²) in [6.07, 6.45) is 0. The second kappa shape index (κ2) is 5.85. The lowest BCUT2D eigenvalue weighted by Crippen LogP contribution is -2.42. The maximum Gasteiger partial charge on any atom is 0.0406 e. The third-order valence-corrected chi connectivity index (χ3v) is 3.53. The fourth-order valence-electron chi connectivity index (χ4n) is 1.80. The molecule has 0 aliphatic heterocycles. The molecule has 0 spiro atoms. The maximum absolute atomic E-state index is 5.99. The van der Waals surface area contributed by atoms with Gasteiger partial charge >= 0.3 is 0 Å². The van der Waals surface area contributed by atoms with Crippen molar-refractivity contribution in [3.8, 4) is 0 Å². The van der Waals surface area contributed by atoms with Crippen LogP contribution in [-0.4, -0.2) is 24.5 Å². The Kier molecular flexibility index (Phi) is 4.99. The van der Waals surface area contributed by atoms with Gasteiger partial charge in [-0.1, -0.05) is 37.6 Å². The van der Waals surface area contributed by atoms with Gasteiger partial charge in [0.1, 0.15) is 0 Å². The van der Waals surface area contributed by atoms with Gasteiger partial charge in [0, 0.05) is 24.2 Å². The molecule has 0 saturated carbocycles. The molecule has 0 aliphatic rings. The van der Waals surface area contributed by atoms with Crippen LogP contribution in [0.1, 0.15) is 26.3 Å². The van der Waals surface area contributed by atoms with E-state index in [1.54, 1.807) is 0 Å². The number of hydrogen-bond donors (Lipinski definition) is 1. The first-order valence-corrected chi connectivity index (χ1v) is 6.37. The maximum atomic E-state index is 5.99. The second-order valence-corrected chi connectivity index (χ2v) is 6.01. The topological polar surface area (TPSA) is 29.3 Å². The van der Waals surface area contributed by atoms with Crippen molar-refractivity contribution in [1.82, 2.24) is 4.90 Å². The van der Waals surface area contributed by atoms with Crippen molar-refractivity contribution in [2.45, 2.75) is 33.4 Å². The van der Waals surface area contributed by atoms with Crippen LogP contribution in [-0.2, 0) is 6.54 Å². The first-order valence-electron chi connectivity index (χ1n) is 6.00. The number of nitrogens with two attached hydrogens (primary N) is 1. The van der Waals surface area contributed by atoms with Crippen molar-refractivity contribution in [2.24, 2.45) is 11.1 Å². The summed E-state index contributed by atoms with van der Waals surface area (Å²) < 4.78 is 0. The molecule has 2 nitrogen and oxygen atoms in total.